The Balaban J connectivity index is 0.00000158. The maximum atomic E-state index is 14.4. The van der Waals surface area contributed by atoms with Crippen LogP contribution in [0, 0.1) is 0 Å². The number of phenolic OH excluding ortho intramolecular Hbond substituents is 2. The largest absolute Gasteiger partial charge is 0.542 e. The van der Waals surface area contributed by atoms with Gasteiger partial charge >= 0.3 is 12.1 Å². The third-order valence-corrected chi connectivity index (χ3v) is 12.1. The van der Waals surface area contributed by atoms with Gasteiger partial charge < -0.3 is 61.9 Å². The van der Waals surface area contributed by atoms with Crippen molar-refractivity contribution in [3.63, 3.8) is 0 Å². The van der Waals surface area contributed by atoms with E-state index in [2.05, 4.69) is 33.9 Å². The number of phenols is 2. The highest BCUT2D eigenvalue weighted by Gasteiger charge is 2.36. The molecule has 21 heteroatoms. The number of carbonyl (C=O) groups excluding carboxylic acids is 6. The molecule has 1 aliphatic heterocycles. The monoisotopic (exact) mass is 1030 g/mol. The van der Waals surface area contributed by atoms with Crippen LogP contribution in [0.15, 0.2) is 84.9 Å². The summed E-state index contributed by atoms with van der Waals surface area (Å²) in [7, 11) is 1.37. The summed E-state index contributed by atoms with van der Waals surface area (Å²) in [4.78, 5) is 90.5. The number of ether oxygens (including phenoxy) is 1. The SMILES string of the molecule is CCCCCCCOCc1ccc(-c2ccc(C(=O)NCCC(=O)N[C@@H](CCCC[NH3+])C(=O)N(C)[C@@H]3C(=O)N[C@@H](C)C(=O)N[C@H](C(=O)O)Cc4ccc(O)c(c4)-c4cc3ccc4O)cc2)cc1.O=C([O-])C(F)(F)F. The first-order valence-electron chi connectivity index (χ1n) is 24.3. The summed E-state index contributed by atoms with van der Waals surface area (Å²) in [5, 5.41) is 51.2. The summed E-state index contributed by atoms with van der Waals surface area (Å²) in [6.07, 6.45) is 1.81. The van der Waals surface area contributed by atoms with Crippen LogP contribution in [-0.4, -0.2) is 113 Å². The zero-order chi connectivity index (χ0) is 54.5. The number of fused-ring (bicyclic) bond motifs is 5. The van der Waals surface area contributed by atoms with E-state index in [-0.39, 0.29) is 59.9 Å². The first-order chi connectivity index (χ1) is 35.1. The molecule has 10 N–H and O–H groups in total. The summed E-state index contributed by atoms with van der Waals surface area (Å²) in [5.41, 5.74) is 8.17. The molecular formula is C53H65F3N6O12. The van der Waals surface area contributed by atoms with Gasteiger partial charge in [-0.15, -0.1) is 0 Å². The molecule has 5 amide bonds. The Morgan fingerprint density at radius 3 is 2.05 bits per heavy atom. The van der Waals surface area contributed by atoms with Crippen LogP contribution in [-0.2, 0) is 46.5 Å². The highest BCUT2D eigenvalue weighted by Crippen LogP contribution is 2.39. The zero-order valence-corrected chi connectivity index (χ0v) is 41.6. The number of quaternary nitrogens is 1. The Labute approximate surface area is 426 Å². The molecule has 4 aromatic rings. The second-order valence-corrected chi connectivity index (χ2v) is 17.8. The minimum Gasteiger partial charge on any atom is -0.542 e. The molecule has 18 nitrogen and oxygen atoms in total. The lowest BCUT2D eigenvalue weighted by atomic mass is 9.93. The van der Waals surface area contributed by atoms with Crippen LogP contribution in [0.5, 0.6) is 11.5 Å². The Hall–Kier alpha value is -7.52. The lowest BCUT2D eigenvalue weighted by Crippen LogP contribution is -2.55. The number of carboxylic acid groups (broad SMARTS) is 2. The van der Waals surface area contributed by atoms with Crippen molar-refractivity contribution < 1.29 is 77.6 Å². The number of halogens is 3. The number of amides is 5. The average molecular weight is 1040 g/mol. The van der Waals surface area contributed by atoms with Gasteiger partial charge in [-0.05, 0) is 96.8 Å². The van der Waals surface area contributed by atoms with Crippen LogP contribution in [0.2, 0.25) is 0 Å². The van der Waals surface area contributed by atoms with Crippen LogP contribution in [0.4, 0.5) is 13.2 Å². The molecule has 1 aliphatic rings. The van der Waals surface area contributed by atoms with E-state index < -0.39 is 65.9 Å². The number of likely N-dealkylation sites (N-methyl/N-ethyl adjacent to an activating group) is 1. The summed E-state index contributed by atoms with van der Waals surface area (Å²) in [5.74, 6) is -7.98. The Bertz CT molecular complexity index is 2560. The van der Waals surface area contributed by atoms with E-state index in [1.54, 1.807) is 12.1 Å². The number of unbranched alkanes of at least 4 members (excludes halogenated alkanes) is 5. The van der Waals surface area contributed by atoms with Crippen molar-refractivity contribution in [3.05, 3.63) is 107 Å². The number of benzene rings is 4. The normalized spacial score (nSPS) is 16.0. The van der Waals surface area contributed by atoms with E-state index in [1.807, 2.05) is 36.4 Å². The van der Waals surface area contributed by atoms with Crippen molar-refractivity contribution in [1.29, 1.82) is 0 Å². The van der Waals surface area contributed by atoms with Crippen molar-refractivity contribution >= 4 is 41.5 Å². The van der Waals surface area contributed by atoms with Crippen molar-refractivity contribution in [3.8, 4) is 33.8 Å². The molecule has 4 aromatic carbocycles. The van der Waals surface area contributed by atoms with Gasteiger partial charge in [0.1, 0.15) is 41.6 Å². The van der Waals surface area contributed by atoms with E-state index in [0.717, 1.165) is 34.6 Å². The van der Waals surface area contributed by atoms with Gasteiger partial charge in [-0.25, -0.2) is 4.79 Å². The van der Waals surface area contributed by atoms with Crippen LogP contribution in [0.25, 0.3) is 22.3 Å². The first-order valence-corrected chi connectivity index (χ1v) is 24.3. The number of aromatic hydroxyl groups is 2. The molecule has 74 heavy (non-hydrogen) atoms. The number of rotatable bonds is 21. The van der Waals surface area contributed by atoms with E-state index in [9.17, 15) is 57.3 Å². The van der Waals surface area contributed by atoms with Crippen molar-refractivity contribution in [1.82, 2.24) is 26.2 Å². The third-order valence-electron chi connectivity index (χ3n) is 12.1. The molecule has 400 valence electrons. The number of hydrogen-bond acceptors (Lipinski definition) is 11. The van der Waals surface area contributed by atoms with Gasteiger partial charge in [-0.2, -0.15) is 13.2 Å². The third kappa shape index (κ3) is 17.9. The molecule has 0 radical (unpaired) electrons. The lowest BCUT2D eigenvalue weighted by molar-refractivity contribution is -0.368. The second-order valence-electron chi connectivity index (χ2n) is 17.8. The van der Waals surface area contributed by atoms with Crippen LogP contribution >= 0.6 is 0 Å². The molecule has 4 atom stereocenters. The number of hydrogen-bond donors (Lipinski definition) is 8. The molecular weight excluding hydrogens is 970 g/mol. The molecule has 0 saturated carbocycles. The van der Waals surface area contributed by atoms with Crippen molar-refractivity contribution in [2.45, 2.75) is 115 Å². The van der Waals surface area contributed by atoms with E-state index in [4.69, 9.17) is 14.6 Å². The number of carboxylic acids is 2. The predicted molar refractivity (Wildman–Crippen MR) is 263 cm³/mol. The predicted octanol–water partition coefficient (Wildman–Crippen LogP) is 4.06. The molecule has 4 bridgehead atoms. The summed E-state index contributed by atoms with van der Waals surface area (Å²) in [6, 6.07) is 18.6. The smallest absolute Gasteiger partial charge is 0.430 e. The van der Waals surface area contributed by atoms with Gasteiger partial charge in [0.05, 0.1) is 13.2 Å². The molecule has 0 saturated heterocycles. The van der Waals surface area contributed by atoms with Gasteiger partial charge in [-0.3, -0.25) is 24.0 Å². The van der Waals surface area contributed by atoms with Crippen LogP contribution in [0.3, 0.4) is 0 Å². The summed E-state index contributed by atoms with van der Waals surface area (Å²) < 4.78 is 37.4. The van der Waals surface area contributed by atoms with Crippen molar-refractivity contribution in [2.75, 3.05) is 26.7 Å². The fourth-order valence-corrected chi connectivity index (χ4v) is 7.93. The van der Waals surface area contributed by atoms with Gasteiger partial charge in [0.15, 0.2) is 0 Å². The highest BCUT2D eigenvalue weighted by molar-refractivity contribution is 5.97. The average Bonchev–Trinajstić information content (AvgIpc) is 3.36. The van der Waals surface area contributed by atoms with Crippen LogP contribution < -0.4 is 32.1 Å². The highest BCUT2D eigenvalue weighted by atomic mass is 19.4. The maximum absolute atomic E-state index is 14.4. The Morgan fingerprint density at radius 1 is 0.838 bits per heavy atom. The molecule has 1 heterocycles. The van der Waals surface area contributed by atoms with Crippen molar-refractivity contribution in [2.24, 2.45) is 0 Å². The zero-order valence-electron chi connectivity index (χ0n) is 41.6. The fourth-order valence-electron chi connectivity index (χ4n) is 7.93. The lowest BCUT2D eigenvalue weighted by Gasteiger charge is -2.32. The Kier molecular flexibility index (Phi) is 22.9. The first kappa shape index (κ1) is 59.0. The van der Waals surface area contributed by atoms with E-state index >= 15 is 0 Å². The maximum Gasteiger partial charge on any atom is 0.430 e. The molecule has 5 rings (SSSR count). The molecule has 0 fully saturated rings. The number of alkyl halides is 3. The topological polar surface area (TPSA) is 291 Å². The van der Waals surface area contributed by atoms with E-state index in [1.165, 1.54) is 76.1 Å². The van der Waals surface area contributed by atoms with E-state index in [0.29, 0.717) is 37.1 Å². The second kappa shape index (κ2) is 28.7. The number of nitrogens with one attached hydrogen (secondary N) is 4. The summed E-state index contributed by atoms with van der Waals surface area (Å²) in [6.45, 7) is 5.44. The summed E-state index contributed by atoms with van der Waals surface area (Å²) >= 11 is 0. The standard InChI is InChI=1S/C51H64N6O10.C2HF3O2/c1-4-5-6-7-10-27-67-31-33-12-15-35(16-13-33)36-17-19-37(20-18-36)48(62)53-26-24-45(60)55-41(11-8-9-25-52)50(64)57(3)46-38-21-23-44(59)40(30-38)39-28-34(14-22-43(39)58)29-42(51(65)66)56-47(61)32(2)54-49(46)63;3-2(4,5)1(6)7/h12-23,28,30,32,41-42,46,58-59H,4-11,24-27,29,31,52H2,1-3H3,(H,53,62)(H,54,63)(H,55,60)(H,56,61)(H,65,66);(H,6,7)/t32-,41-,42-,46-;/m0./s1. The Morgan fingerprint density at radius 2 is 1.45 bits per heavy atom. The minimum atomic E-state index is -5.19. The molecule has 0 aromatic heterocycles. The molecule has 0 spiro atoms. The number of aliphatic carboxylic acids is 2. The number of carbonyl (C=O) groups is 7. The van der Waals surface area contributed by atoms with Crippen LogP contribution in [0.1, 0.15) is 105 Å². The fraction of sp³-hybridized carbons (Fsp3) is 0.415. The molecule has 0 unspecified atom stereocenters. The van der Waals surface area contributed by atoms with Gasteiger partial charge in [0, 0.05) is 49.7 Å². The molecule has 0 aliphatic carbocycles. The van der Waals surface area contributed by atoms with Gasteiger partial charge in [0.2, 0.25) is 23.6 Å². The number of nitrogens with zero attached hydrogens (tertiary/aromatic N) is 1. The minimum absolute atomic E-state index is 0.0254. The van der Waals surface area contributed by atoms with Gasteiger partial charge in [-0.1, -0.05) is 81.1 Å². The van der Waals surface area contributed by atoms with Gasteiger partial charge in [0.25, 0.3) is 5.91 Å². The quantitative estimate of drug-likeness (QED) is 0.0549.